The van der Waals surface area contributed by atoms with Crippen molar-refractivity contribution in [2.45, 2.75) is 44.4 Å². The molecule has 2 fully saturated rings. The third kappa shape index (κ3) is 3.35. The van der Waals surface area contributed by atoms with Crippen LogP contribution in [0.3, 0.4) is 0 Å². The van der Waals surface area contributed by atoms with Crippen LogP contribution in [-0.2, 0) is 22.5 Å². The summed E-state index contributed by atoms with van der Waals surface area (Å²) in [7, 11) is 0. The first kappa shape index (κ1) is 18.4. The smallest absolute Gasteiger partial charge is 0.219 e. The summed E-state index contributed by atoms with van der Waals surface area (Å²) in [4.78, 5) is 15.7. The van der Waals surface area contributed by atoms with Gasteiger partial charge in [-0.3, -0.25) is 20.4 Å². The maximum atomic E-state index is 14.7. The number of amides is 1. The van der Waals surface area contributed by atoms with Crippen LogP contribution >= 0.6 is 0 Å². The van der Waals surface area contributed by atoms with Crippen LogP contribution in [0.15, 0.2) is 18.7 Å². The van der Waals surface area contributed by atoms with Crippen molar-refractivity contribution in [3.8, 4) is 0 Å². The Labute approximate surface area is 158 Å². The van der Waals surface area contributed by atoms with Gasteiger partial charge in [-0.15, -0.1) is 0 Å². The van der Waals surface area contributed by atoms with E-state index in [1.807, 2.05) is 16.4 Å². The third-order valence-corrected chi connectivity index (χ3v) is 6.19. The lowest BCUT2D eigenvalue weighted by Crippen LogP contribution is -2.68. The number of carbonyl (C=O) groups is 1. The number of ether oxygens (including phenoxy) is 1. The number of rotatable bonds is 3. The van der Waals surface area contributed by atoms with Gasteiger partial charge in [-0.05, 0) is 37.0 Å². The molecule has 3 aliphatic rings. The van der Waals surface area contributed by atoms with Crippen molar-refractivity contribution in [1.82, 2.24) is 15.3 Å². The number of hydroxylamine groups is 1. The summed E-state index contributed by atoms with van der Waals surface area (Å²) < 4.78 is 20.7. The summed E-state index contributed by atoms with van der Waals surface area (Å²) in [6.45, 7) is 8.74. The highest BCUT2D eigenvalue weighted by Crippen LogP contribution is 2.37. The summed E-state index contributed by atoms with van der Waals surface area (Å²) in [5, 5.41) is 9.01. The zero-order chi connectivity index (χ0) is 19.2. The monoisotopic (exact) mass is 375 g/mol. The molecule has 0 aliphatic carbocycles. The van der Waals surface area contributed by atoms with E-state index >= 15 is 0 Å². The van der Waals surface area contributed by atoms with Crippen LogP contribution < -0.4 is 5.48 Å². The molecule has 146 valence electrons. The Kier molecular flexibility index (Phi) is 4.70. The van der Waals surface area contributed by atoms with Crippen molar-refractivity contribution in [3.63, 3.8) is 0 Å². The van der Waals surface area contributed by atoms with E-state index in [0.29, 0.717) is 43.5 Å². The van der Waals surface area contributed by atoms with Crippen LogP contribution in [0.4, 0.5) is 4.39 Å². The van der Waals surface area contributed by atoms with Crippen LogP contribution in [0.2, 0.25) is 0 Å². The van der Waals surface area contributed by atoms with E-state index in [9.17, 15) is 9.18 Å². The summed E-state index contributed by atoms with van der Waals surface area (Å²) in [5.41, 5.74) is 4.36. The molecule has 0 aromatic heterocycles. The molecule has 0 radical (unpaired) electrons. The Hall–Kier alpha value is -1.96. The maximum absolute atomic E-state index is 14.7. The molecule has 1 aromatic rings. The molecule has 1 atom stereocenters. The Morgan fingerprint density at radius 3 is 2.93 bits per heavy atom. The number of hydrogen-bond donors (Lipinski definition) is 2. The van der Waals surface area contributed by atoms with Gasteiger partial charge in [0.1, 0.15) is 11.4 Å². The highest BCUT2D eigenvalue weighted by atomic mass is 19.1. The SMILES string of the molecule is C=C(NO)c1cc(F)c2c(c1)CCN(C1CCOC3(C1)CN(C(C)=O)C3)C2. The van der Waals surface area contributed by atoms with Gasteiger partial charge in [0.25, 0.3) is 0 Å². The predicted molar refractivity (Wildman–Crippen MR) is 98.4 cm³/mol. The van der Waals surface area contributed by atoms with E-state index in [0.717, 1.165) is 36.9 Å². The first-order valence-corrected chi connectivity index (χ1v) is 9.45. The molecule has 27 heavy (non-hydrogen) atoms. The molecular formula is C20H26FN3O3. The summed E-state index contributed by atoms with van der Waals surface area (Å²) in [6, 6.07) is 3.67. The molecule has 1 aromatic carbocycles. The molecule has 0 saturated carbocycles. The molecule has 1 amide bonds. The number of fused-ring (bicyclic) bond motifs is 1. The van der Waals surface area contributed by atoms with E-state index in [1.165, 1.54) is 6.07 Å². The van der Waals surface area contributed by atoms with Gasteiger partial charge in [-0.25, -0.2) is 4.39 Å². The van der Waals surface area contributed by atoms with Gasteiger partial charge in [-0.1, -0.05) is 6.58 Å². The van der Waals surface area contributed by atoms with E-state index in [4.69, 9.17) is 9.94 Å². The van der Waals surface area contributed by atoms with Crippen LogP contribution in [0.5, 0.6) is 0 Å². The van der Waals surface area contributed by atoms with Gasteiger partial charge in [0.05, 0.1) is 18.8 Å². The minimum Gasteiger partial charge on any atom is -0.371 e. The second-order valence-corrected chi connectivity index (χ2v) is 7.96. The lowest BCUT2D eigenvalue weighted by Gasteiger charge is -2.54. The molecule has 1 unspecified atom stereocenters. The van der Waals surface area contributed by atoms with Crippen LogP contribution in [-0.4, -0.2) is 58.8 Å². The zero-order valence-corrected chi connectivity index (χ0v) is 15.6. The quantitative estimate of drug-likeness (QED) is 0.791. The lowest BCUT2D eigenvalue weighted by atomic mass is 9.82. The van der Waals surface area contributed by atoms with Gasteiger partial charge in [0, 0.05) is 43.8 Å². The van der Waals surface area contributed by atoms with Crippen molar-refractivity contribution in [3.05, 3.63) is 41.2 Å². The van der Waals surface area contributed by atoms with E-state index in [2.05, 4.69) is 11.5 Å². The van der Waals surface area contributed by atoms with Gasteiger partial charge >= 0.3 is 0 Å². The van der Waals surface area contributed by atoms with Crippen LogP contribution in [0, 0.1) is 5.82 Å². The second kappa shape index (κ2) is 6.89. The van der Waals surface area contributed by atoms with E-state index < -0.39 is 0 Å². The highest BCUT2D eigenvalue weighted by Gasteiger charge is 2.49. The number of benzene rings is 1. The van der Waals surface area contributed by atoms with Crippen molar-refractivity contribution in [1.29, 1.82) is 0 Å². The number of nitrogens with zero attached hydrogens (tertiary/aromatic N) is 2. The topological polar surface area (TPSA) is 65.0 Å². The van der Waals surface area contributed by atoms with Gasteiger partial charge in [-0.2, -0.15) is 0 Å². The third-order valence-electron chi connectivity index (χ3n) is 6.19. The van der Waals surface area contributed by atoms with Crippen LogP contribution in [0.25, 0.3) is 5.70 Å². The average Bonchev–Trinajstić information content (AvgIpc) is 2.65. The number of likely N-dealkylation sites (tertiary alicyclic amines) is 1. The molecule has 2 N–H and O–H groups in total. The number of halogens is 1. The lowest BCUT2D eigenvalue weighted by molar-refractivity contribution is -0.189. The molecule has 4 rings (SSSR count). The maximum Gasteiger partial charge on any atom is 0.219 e. The number of hydrogen-bond acceptors (Lipinski definition) is 5. The molecule has 1 spiro atoms. The average molecular weight is 375 g/mol. The predicted octanol–water partition coefficient (Wildman–Crippen LogP) is 1.91. The highest BCUT2D eigenvalue weighted by molar-refractivity contribution is 5.74. The fraction of sp³-hybridized carbons (Fsp3) is 0.550. The number of nitrogens with one attached hydrogen (secondary N) is 1. The van der Waals surface area contributed by atoms with Gasteiger partial charge in [0.2, 0.25) is 5.91 Å². The minimum atomic E-state index is -0.253. The Bertz CT molecular complexity index is 776. The van der Waals surface area contributed by atoms with Crippen LogP contribution in [0.1, 0.15) is 36.5 Å². The molecule has 6 nitrogen and oxygen atoms in total. The van der Waals surface area contributed by atoms with E-state index in [1.54, 1.807) is 6.92 Å². The molecule has 0 bridgehead atoms. The zero-order valence-electron chi connectivity index (χ0n) is 15.6. The van der Waals surface area contributed by atoms with Crippen molar-refractivity contribution in [2.75, 3.05) is 26.2 Å². The summed E-state index contributed by atoms with van der Waals surface area (Å²) in [6.07, 6.45) is 2.59. The fourth-order valence-corrected chi connectivity index (χ4v) is 4.60. The number of carbonyl (C=O) groups excluding carboxylic acids is 1. The van der Waals surface area contributed by atoms with Crippen molar-refractivity contribution in [2.24, 2.45) is 0 Å². The molecule has 3 heterocycles. The second-order valence-electron chi connectivity index (χ2n) is 7.96. The first-order valence-electron chi connectivity index (χ1n) is 9.45. The first-order chi connectivity index (χ1) is 12.9. The Morgan fingerprint density at radius 1 is 1.44 bits per heavy atom. The largest absolute Gasteiger partial charge is 0.371 e. The van der Waals surface area contributed by atoms with Gasteiger partial charge in [0.15, 0.2) is 0 Å². The Balaban J connectivity index is 1.47. The summed E-state index contributed by atoms with van der Waals surface area (Å²) >= 11 is 0. The molecule has 7 heteroatoms. The van der Waals surface area contributed by atoms with Gasteiger partial charge < -0.3 is 9.64 Å². The standard InChI is InChI=1S/C20H26FN3O3/c1-13(22-26)16-7-15-3-5-23(10-18(15)19(21)8-16)17-4-6-27-20(9-17)11-24(12-20)14(2)25/h7-8,17,22,26H,1,3-6,9-12H2,2H3. The fourth-order valence-electron chi connectivity index (χ4n) is 4.60. The molecule has 3 aliphatic heterocycles. The van der Waals surface area contributed by atoms with Crippen molar-refractivity contribution >= 4 is 11.6 Å². The Morgan fingerprint density at radius 2 is 2.22 bits per heavy atom. The van der Waals surface area contributed by atoms with E-state index in [-0.39, 0.29) is 17.3 Å². The molecular weight excluding hydrogens is 349 g/mol. The minimum absolute atomic E-state index is 0.0927. The van der Waals surface area contributed by atoms with Crippen molar-refractivity contribution < 1.29 is 19.1 Å². The summed E-state index contributed by atoms with van der Waals surface area (Å²) in [5.74, 6) is -0.160. The normalized spacial score (nSPS) is 24.3. The molecule has 2 saturated heterocycles.